The highest BCUT2D eigenvalue weighted by molar-refractivity contribution is 5.92. The van der Waals surface area contributed by atoms with Crippen LogP contribution in [0.5, 0.6) is 5.75 Å². The molecule has 3 nitrogen and oxygen atoms in total. The second-order valence-corrected chi connectivity index (χ2v) is 4.99. The first-order valence-corrected chi connectivity index (χ1v) is 5.82. The number of amides is 1. The van der Waals surface area contributed by atoms with Crippen molar-refractivity contribution in [1.29, 1.82) is 0 Å². The van der Waals surface area contributed by atoms with Crippen molar-refractivity contribution in [2.45, 2.75) is 32.9 Å². The second kappa shape index (κ2) is 6.31. The van der Waals surface area contributed by atoms with E-state index in [1.807, 2.05) is 20.8 Å². The van der Waals surface area contributed by atoms with Gasteiger partial charge in [0, 0.05) is 17.2 Å². The fourth-order valence-electron chi connectivity index (χ4n) is 1.40. The zero-order chi connectivity index (χ0) is 14.5. The summed E-state index contributed by atoms with van der Waals surface area (Å²) in [5.41, 5.74) is 0.0762. The number of ether oxygens (including phenoxy) is 1. The van der Waals surface area contributed by atoms with Crippen LogP contribution in [0.25, 0.3) is 6.08 Å². The second-order valence-electron chi connectivity index (χ2n) is 4.99. The van der Waals surface area contributed by atoms with Gasteiger partial charge < -0.3 is 10.1 Å². The number of nitrogens with one attached hydrogen (secondary N) is 1. The van der Waals surface area contributed by atoms with Gasteiger partial charge in [0.15, 0.2) is 0 Å². The van der Waals surface area contributed by atoms with Gasteiger partial charge in [-0.25, -0.2) is 0 Å². The number of alkyl halides is 2. The average Bonchev–Trinajstić information content (AvgIpc) is 2.24. The zero-order valence-electron chi connectivity index (χ0n) is 11.1. The highest BCUT2D eigenvalue weighted by Gasteiger charge is 2.12. The molecule has 0 aliphatic heterocycles. The van der Waals surface area contributed by atoms with E-state index in [2.05, 4.69) is 10.1 Å². The van der Waals surface area contributed by atoms with Crippen LogP contribution in [0.1, 0.15) is 26.3 Å². The molecule has 5 heteroatoms. The minimum Gasteiger partial charge on any atom is -0.434 e. The average molecular weight is 269 g/mol. The summed E-state index contributed by atoms with van der Waals surface area (Å²) in [4.78, 5) is 11.6. The number of carbonyl (C=O) groups is 1. The topological polar surface area (TPSA) is 38.3 Å². The van der Waals surface area contributed by atoms with E-state index in [-0.39, 0.29) is 17.2 Å². The van der Waals surface area contributed by atoms with Crippen LogP contribution in [0.15, 0.2) is 30.3 Å². The smallest absolute Gasteiger partial charge is 0.387 e. The first-order chi connectivity index (χ1) is 8.78. The fraction of sp³-hybridized carbons (Fsp3) is 0.357. The molecule has 0 aromatic heterocycles. The number of hydrogen-bond acceptors (Lipinski definition) is 2. The Morgan fingerprint density at radius 3 is 2.53 bits per heavy atom. The highest BCUT2D eigenvalue weighted by atomic mass is 19.3. The summed E-state index contributed by atoms with van der Waals surface area (Å²) in [6, 6.07) is 6.29. The number of rotatable bonds is 4. The monoisotopic (exact) mass is 269 g/mol. The zero-order valence-corrected chi connectivity index (χ0v) is 11.1. The Morgan fingerprint density at radius 1 is 1.32 bits per heavy atom. The number of carbonyl (C=O) groups excluding carboxylic acids is 1. The van der Waals surface area contributed by atoms with Gasteiger partial charge in [-0.3, -0.25) is 4.79 Å². The lowest BCUT2D eigenvalue weighted by Crippen LogP contribution is -2.39. The van der Waals surface area contributed by atoms with Gasteiger partial charge in [-0.15, -0.1) is 0 Å². The molecule has 0 bridgehead atoms. The maximum absolute atomic E-state index is 12.2. The van der Waals surface area contributed by atoms with Gasteiger partial charge in [0.05, 0.1) is 0 Å². The molecule has 0 unspecified atom stereocenters. The third-order valence-electron chi connectivity index (χ3n) is 2.05. The largest absolute Gasteiger partial charge is 0.434 e. The van der Waals surface area contributed by atoms with Crippen molar-refractivity contribution >= 4 is 12.0 Å². The maximum atomic E-state index is 12.2. The van der Waals surface area contributed by atoms with E-state index in [0.717, 1.165) is 0 Å². The van der Waals surface area contributed by atoms with Crippen LogP contribution in [0, 0.1) is 0 Å². The molecule has 1 rings (SSSR count). The first-order valence-electron chi connectivity index (χ1n) is 5.82. The molecule has 0 aliphatic carbocycles. The van der Waals surface area contributed by atoms with Gasteiger partial charge in [-0.1, -0.05) is 18.2 Å². The lowest BCUT2D eigenvalue weighted by Gasteiger charge is -2.19. The summed E-state index contributed by atoms with van der Waals surface area (Å²) in [5.74, 6) is -0.253. The normalized spacial score (nSPS) is 11.9. The quantitative estimate of drug-likeness (QED) is 0.852. The number of para-hydroxylation sites is 1. The number of halogens is 2. The van der Waals surface area contributed by atoms with E-state index >= 15 is 0 Å². The standard InChI is InChI=1S/C14H17F2NO2/c1-14(2,3)17-12(18)9-8-10-6-4-5-7-11(10)19-13(15)16/h4-9,13H,1-3H3,(H,17,18)/b9-8+. The van der Waals surface area contributed by atoms with Gasteiger partial charge >= 0.3 is 6.61 Å². The van der Waals surface area contributed by atoms with Crippen molar-refractivity contribution in [3.8, 4) is 5.75 Å². The van der Waals surface area contributed by atoms with Crippen LogP contribution in [-0.4, -0.2) is 18.1 Å². The Bertz CT molecular complexity index is 465. The van der Waals surface area contributed by atoms with E-state index in [9.17, 15) is 13.6 Å². The molecule has 0 saturated carbocycles. The Hall–Kier alpha value is -1.91. The lowest BCUT2D eigenvalue weighted by atomic mass is 10.1. The minimum absolute atomic E-state index is 0.0392. The van der Waals surface area contributed by atoms with Crippen molar-refractivity contribution in [2.75, 3.05) is 0 Å². The Balaban J connectivity index is 2.79. The Labute approximate surface area is 111 Å². The van der Waals surface area contributed by atoms with E-state index in [4.69, 9.17) is 0 Å². The van der Waals surface area contributed by atoms with Crippen LogP contribution < -0.4 is 10.1 Å². The van der Waals surface area contributed by atoms with Gasteiger partial charge in [-0.05, 0) is 32.9 Å². The number of benzene rings is 1. The molecule has 1 aromatic rings. The molecule has 0 atom stereocenters. The Morgan fingerprint density at radius 2 is 1.95 bits per heavy atom. The Kier molecular flexibility index (Phi) is 5.03. The van der Waals surface area contributed by atoms with Crippen molar-refractivity contribution in [2.24, 2.45) is 0 Å². The van der Waals surface area contributed by atoms with Crippen LogP contribution in [0.4, 0.5) is 8.78 Å². The summed E-state index contributed by atoms with van der Waals surface area (Å²) in [5, 5.41) is 2.73. The molecule has 0 fully saturated rings. The summed E-state index contributed by atoms with van der Waals surface area (Å²) >= 11 is 0. The lowest BCUT2D eigenvalue weighted by molar-refractivity contribution is -0.117. The van der Waals surface area contributed by atoms with E-state index < -0.39 is 6.61 Å². The van der Waals surface area contributed by atoms with E-state index in [1.165, 1.54) is 18.2 Å². The highest BCUT2D eigenvalue weighted by Crippen LogP contribution is 2.21. The molecule has 0 saturated heterocycles. The maximum Gasteiger partial charge on any atom is 0.387 e. The van der Waals surface area contributed by atoms with E-state index in [1.54, 1.807) is 18.2 Å². The fourth-order valence-corrected chi connectivity index (χ4v) is 1.40. The van der Waals surface area contributed by atoms with E-state index in [0.29, 0.717) is 5.56 Å². The number of hydrogen-bond donors (Lipinski definition) is 1. The van der Waals surface area contributed by atoms with Gasteiger partial charge in [0.1, 0.15) is 5.75 Å². The summed E-state index contributed by atoms with van der Waals surface area (Å²) in [7, 11) is 0. The first kappa shape index (κ1) is 15.1. The van der Waals surface area contributed by atoms with Crippen molar-refractivity contribution in [1.82, 2.24) is 5.32 Å². The molecule has 0 spiro atoms. The summed E-state index contributed by atoms with van der Waals surface area (Å²) in [6.45, 7) is 2.67. The van der Waals surface area contributed by atoms with Gasteiger partial charge in [-0.2, -0.15) is 8.78 Å². The SMILES string of the molecule is CC(C)(C)NC(=O)/C=C/c1ccccc1OC(F)F. The molecule has 1 aromatic carbocycles. The molecule has 19 heavy (non-hydrogen) atoms. The molecule has 0 radical (unpaired) electrons. The molecule has 1 amide bonds. The predicted molar refractivity (Wildman–Crippen MR) is 70.0 cm³/mol. The third-order valence-corrected chi connectivity index (χ3v) is 2.05. The van der Waals surface area contributed by atoms with Crippen molar-refractivity contribution < 1.29 is 18.3 Å². The summed E-state index contributed by atoms with van der Waals surface area (Å²) in [6.07, 6.45) is 2.73. The molecular formula is C14H17F2NO2. The molecule has 1 N–H and O–H groups in total. The van der Waals surface area contributed by atoms with Crippen LogP contribution >= 0.6 is 0 Å². The van der Waals surface area contributed by atoms with Crippen LogP contribution in [-0.2, 0) is 4.79 Å². The molecule has 0 aliphatic rings. The van der Waals surface area contributed by atoms with Gasteiger partial charge in [0.25, 0.3) is 0 Å². The van der Waals surface area contributed by atoms with Crippen LogP contribution in [0.2, 0.25) is 0 Å². The van der Waals surface area contributed by atoms with Crippen molar-refractivity contribution in [3.05, 3.63) is 35.9 Å². The van der Waals surface area contributed by atoms with Crippen molar-refractivity contribution in [3.63, 3.8) is 0 Å². The molecule has 0 heterocycles. The third kappa shape index (κ3) is 5.99. The predicted octanol–water partition coefficient (Wildman–Crippen LogP) is 3.22. The van der Waals surface area contributed by atoms with Crippen LogP contribution in [0.3, 0.4) is 0 Å². The molecule has 104 valence electrons. The summed E-state index contributed by atoms with van der Waals surface area (Å²) < 4.78 is 28.8. The van der Waals surface area contributed by atoms with Gasteiger partial charge in [0.2, 0.25) is 5.91 Å². The minimum atomic E-state index is -2.89. The molecular weight excluding hydrogens is 252 g/mol.